The Hall–Kier alpha value is -2.21. The number of hydrogen-bond acceptors (Lipinski definition) is 6. The molecule has 0 fully saturated rings. The molecule has 0 aliphatic carbocycles. The first-order chi connectivity index (χ1) is 7.66. The van der Waals surface area contributed by atoms with Crippen molar-refractivity contribution in [3.05, 3.63) is 41.7 Å². The predicted molar refractivity (Wildman–Crippen MR) is 59.2 cm³/mol. The van der Waals surface area contributed by atoms with Gasteiger partial charge in [-0.15, -0.1) is 0 Å². The number of aromatic nitrogens is 3. The highest BCUT2D eigenvalue weighted by Gasteiger charge is 2.14. The summed E-state index contributed by atoms with van der Waals surface area (Å²) in [5.41, 5.74) is 11.5. The average molecular weight is 217 g/mol. The summed E-state index contributed by atoms with van der Waals surface area (Å²) < 4.78 is 0. The van der Waals surface area contributed by atoms with E-state index in [0.29, 0.717) is 5.56 Å². The molecular formula is C10H11N5O. The normalized spacial score (nSPS) is 12.3. The maximum atomic E-state index is 9.98. The molecule has 1 aromatic carbocycles. The highest BCUT2D eigenvalue weighted by Crippen LogP contribution is 2.18. The molecule has 1 atom stereocenters. The summed E-state index contributed by atoms with van der Waals surface area (Å²) in [5, 5.41) is 9.98. The fraction of sp³-hybridized carbons (Fsp3) is 0.100. The van der Waals surface area contributed by atoms with Crippen LogP contribution in [0.2, 0.25) is 0 Å². The summed E-state index contributed by atoms with van der Waals surface area (Å²) in [6.45, 7) is 0. The molecule has 0 radical (unpaired) electrons. The molecule has 0 saturated carbocycles. The van der Waals surface area contributed by atoms with Gasteiger partial charge >= 0.3 is 0 Å². The average Bonchev–Trinajstić information content (AvgIpc) is 2.28. The first kappa shape index (κ1) is 10.3. The zero-order valence-corrected chi connectivity index (χ0v) is 8.41. The van der Waals surface area contributed by atoms with Crippen LogP contribution in [0.4, 0.5) is 11.9 Å². The Bertz CT molecular complexity index is 468. The number of nitrogens with zero attached hydrogens (tertiary/aromatic N) is 3. The van der Waals surface area contributed by atoms with E-state index in [1.54, 1.807) is 12.1 Å². The highest BCUT2D eigenvalue weighted by atomic mass is 16.3. The summed E-state index contributed by atoms with van der Waals surface area (Å²) in [4.78, 5) is 11.3. The molecule has 1 heterocycles. The van der Waals surface area contributed by atoms with Gasteiger partial charge in [0.05, 0.1) is 0 Å². The third-order valence-electron chi connectivity index (χ3n) is 2.05. The molecule has 5 N–H and O–H groups in total. The van der Waals surface area contributed by atoms with Crippen molar-refractivity contribution in [3.63, 3.8) is 0 Å². The van der Waals surface area contributed by atoms with Crippen molar-refractivity contribution in [2.75, 3.05) is 11.5 Å². The number of hydrogen-bond donors (Lipinski definition) is 3. The largest absolute Gasteiger partial charge is 0.380 e. The van der Waals surface area contributed by atoms with Crippen molar-refractivity contribution >= 4 is 11.9 Å². The van der Waals surface area contributed by atoms with Gasteiger partial charge in [-0.25, -0.2) is 0 Å². The van der Waals surface area contributed by atoms with Crippen molar-refractivity contribution in [2.24, 2.45) is 0 Å². The fourth-order valence-electron chi connectivity index (χ4n) is 1.33. The first-order valence-electron chi connectivity index (χ1n) is 4.67. The number of aliphatic hydroxyl groups excluding tert-OH is 1. The van der Waals surface area contributed by atoms with Gasteiger partial charge in [-0.05, 0) is 5.56 Å². The molecule has 0 amide bonds. The molecule has 0 aliphatic heterocycles. The van der Waals surface area contributed by atoms with Crippen LogP contribution < -0.4 is 11.5 Å². The topological polar surface area (TPSA) is 111 Å². The standard InChI is InChI=1S/C10H11N5O/c11-9-13-8(14-10(12)15-9)7(16)6-4-2-1-3-5-6/h1-5,7,16H,(H4,11,12,13,14,15). The molecule has 1 unspecified atom stereocenters. The van der Waals surface area contributed by atoms with Gasteiger partial charge in [-0.3, -0.25) is 0 Å². The van der Waals surface area contributed by atoms with Crippen LogP contribution in [0.1, 0.15) is 17.5 Å². The van der Waals surface area contributed by atoms with Crippen LogP contribution in [0.3, 0.4) is 0 Å². The Morgan fingerprint density at radius 3 is 2.06 bits per heavy atom. The second-order valence-corrected chi connectivity index (χ2v) is 3.22. The van der Waals surface area contributed by atoms with Crippen molar-refractivity contribution in [3.8, 4) is 0 Å². The summed E-state index contributed by atoms with van der Waals surface area (Å²) in [6, 6.07) is 9.01. The monoisotopic (exact) mass is 217 g/mol. The molecule has 2 rings (SSSR count). The minimum absolute atomic E-state index is 0.00233. The summed E-state index contributed by atoms with van der Waals surface area (Å²) in [5.74, 6) is 0.145. The van der Waals surface area contributed by atoms with Crippen molar-refractivity contribution in [1.82, 2.24) is 15.0 Å². The second kappa shape index (κ2) is 4.11. The minimum atomic E-state index is -0.950. The van der Waals surface area contributed by atoms with E-state index in [-0.39, 0.29) is 17.7 Å². The van der Waals surface area contributed by atoms with Crippen LogP contribution in [-0.4, -0.2) is 20.1 Å². The van der Waals surface area contributed by atoms with E-state index in [1.807, 2.05) is 18.2 Å². The van der Waals surface area contributed by atoms with E-state index >= 15 is 0 Å². The van der Waals surface area contributed by atoms with Gasteiger partial charge in [-0.1, -0.05) is 30.3 Å². The fourth-order valence-corrected chi connectivity index (χ4v) is 1.33. The van der Waals surface area contributed by atoms with Gasteiger partial charge < -0.3 is 16.6 Å². The van der Waals surface area contributed by atoms with Gasteiger partial charge in [0.1, 0.15) is 6.10 Å². The quantitative estimate of drug-likeness (QED) is 0.658. The minimum Gasteiger partial charge on any atom is -0.380 e. The lowest BCUT2D eigenvalue weighted by Crippen LogP contribution is -2.11. The van der Waals surface area contributed by atoms with E-state index in [1.165, 1.54) is 0 Å². The lowest BCUT2D eigenvalue weighted by atomic mass is 10.1. The van der Waals surface area contributed by atoms with Crippen LogP contribution >= 0.6 is 0 Å². The van der Waals surface area contributed by atoms with Crippen molar-refractivity contribution in [1.29, 1.82) is 0 Å². The molecule has 0 bridgehead atoms. The van der Waals surface area contributed by atoms with Crippen LogP contribution in [0, 0.1) is 0 Å². The molecule has 6 heteroatoms. The molecule has 0 spiro atoms. The summed E-state index contributed by atoms with van der Waals surface area (Å²) in [7, 11) is 0. The smallest absolute Gasteiger partial charge is 0.225 e. The van der Waals surface area contributed by atoms with E-state index in [2.05, 4.69) is 15.0 Å². The van der Waals surface area contributed by atoms with Crippen LogP contribution in [0.25, 0.3) is 0 Å². The van der Waals surface area contributed by atoms with Crippen molar-refractivity contribution < 1.29 is 5.11 Å². The van der Waals surface area contributed by atoms with Gasteiger partial charge in [0.2, 0.25) is 11.9 Å². The van der Waals surface area contributed by atoms with Crippen LogP contribution in [-0.2, 0) is 0 Å². The Kier molecular flexibility index (Phi) is 2.65. The Labute approximate surface area is 92.0 Å². The number of anilines is 2. The van der Waals surface area contributed by atoms with Crippen molar-refractivity contribution in [2.45, 2.75) is 6.10 Å². The Morgan fingerprint density at radius 1 is 0.938 bits per heavy atom. The van der Waals surface area contributed by atoms with Gasteiger partial charge in [0.25, 0.3) is 0 Å². The van der Waals surface area contributed by atoms with Crippen LogP contribution in [0.5, 0.6) is 0 Å². The summed E-state index contributed by atoms with van der Waals surface area (Å²) in [6.07, 6.45) is -0.950. The van der Waals surface area contributed by atoms with Gasteiger partial charge in [0, 0.05) is 0 Å². The lowest BCUT2D eigenvalue weighted by Gasteiger charge is -2.09. The lowest BCUT2D eigenvalue weighted by molar-refractivity contribution is 0.210. The van der Waals surface area contributed by atoms with E-state index < -0.39 is 6.10 Å². The maximum Gasteiger partial charge on any atom is 0.225 e. The maximum absolute atomic E-state index is 9.98. The van der Waals surface area contributed by atoms with E-state index in [9.17, 15) is 5.11 Å². The number of benzene rings is 1. The first-order valence-corrected chi connectivity index (χ1v) is 4.67. The molecular weight excluding hydrogens is 206 g/mol. The molecule has 0 aliphatic rings. The molecule has 82 valence electrons. The molecule has 2 aromatic rings. The number of rotatable bonds is 2. The summed E-state index contributed by atoms with van der Waals surface area (Å²) >= 11 is 0. The number of nitrogens with two attached hydrogens (primary N) is 2. The SMILES string of the molecule is Nc1nc(N)nc(C(O)c2ccccc2)n1. The Morgan fingerprint density at radius 2 is 1.50 bits per heavy atom. The Balaban J connectivity index is 2.37. The molecule has 6 nitrogen and oxygen atoms in total. The van der Waals surface area contributed by atoms with E-state index in [4.69, 9.17) is 11.5 Å². The van der Waals surface area contributed by atoms with Gasteiger partial charge in [0.15, 0.2) is 5.82 Å². The molecule has 1 aromatic heterocycles. The van der Waals surface area contributed by atoms with Crippen LogP contribution in [0.15, 0.2) is 30.3 Å². The number of aliphatic hydroxyl groups is 1. The molecule has 0 saturated heterocycles. The number of nitrogen functional groups attached to an aromatic ring is 2. The third kappa shape index (κ3) is 2.06. The molecule has 16 heavy (non-hydrogen) atoms. The second-order valence-electron chi connectivity index (χ2n) is 3.22. The third-order valence-corrected chi connectivity index (χ3v) is 2.05. The van der Waals surface area contributed by atoms with E-state index in [0.717, 1.165) is 0 Å². The zero-order chi connectivity index (χ0) is 11.5. The highest BCUT2D eigenvalue weighted by molar-refractivity contribution is 5.30. The van der Waals surface area contributed by atoms with Gasteiger partial charge in [-0.2, -0.15) is 15.0 Å². The predicted octanol–water partition coefficient (Wildman–Crippen LogP) is 0.118. The zero-order valence-electron chi connectivity index (χ0n) is 8.41.